The van der Waals surface area contributed by atoms with E-state index >= 15 is 0 Å². The van der Waals surface area contributed by atoms with Crippen LogP contribution >= 0.6 is 11.8 Å². The van der Waals surface area contributed by atoms with Crippen molar-refractivity contribution in [3.63, 3.8) is 0 Å². The van der Waals surface area contributed by atoms with E-state index in [0.717, 1.165) is 42.0 Å². The van der Waals surface area contributed by atoms with E-state index in [2.05, 4.69) is 29.7 Å². The van der Waals surface area contributed by atoms with Gasteiger partial charge in [0, 0.05) is 18.7 Å². The number of nitrogens with one attached hydrogen (secondary N) is 2. The molecule has 0 heterocycles. The molecule has 0 spiro atoms. The van der Waals surface area contributed by atoms with Crippen LogP contribution in [0.5, 0.6) is 0 Å². The largest absolute Gasteiger partial charge is 0.355 e. The van der Waals surface area contributed by atoms with Crippen molar-refractivity contribution in [3.05, 3.63) is 28.8 Å². The van der Waals surface area contributed by atoms with E-state index in [1.54, 1.807) is 11.8 Å². The number of carbonyl (C=O) groups excluding carboxylic acids is 2. The quantitative estimate of drug-likeness (QED) is 0.662. The summed E-state index contributed by atoms with van der Waals surface area (Å²) in [5.74, 6) is 0.922. The monoisotopic (exact) mass is 350 g/mol. The molecule has 0 aromatic heterocycles. The van der Waals surface area contributed by atoms with E-state index in [1.807, 2.05) is 27.7 Å². The number of benzene rings is 1. The third kappa shape index (κ3) is 6.95. The number of hydrogen-bond donors (Lipinski definition) is 2. The van der Waals surface area contributed by atoms with Crippen LogP contribution in [-0.4, -0.2) is 29.4 Å². The van der Waals surface area contributed by atoms with Crippen molar-refractivity contribution in [2.45, 2.75) is 59.1 Å². The van der Waals surface area contributed by atoms with Gasteiger partial charge in [0.25, 0.3) is 0 Å². The third-order valence-electron chi connectivity index (χ3n) is 3.78. The van der Waals surface area contributed by atoms with Crippen molar-refractivity contribution in [1.82, 2.24) is 5.32 Å². The SMILES string of the molecule is CCCNC(=O)C(C)SCCCC(=O)Nc1c(C)cc(C)cc1C. The highest BCUT2D eigenvalue weighted by Gasteiger charge is 2.13. The summed E-state index contributed by atoms with van der Waals surface area (Å²) >= 11 is 1.60. The van der Waals surface area contributed by atoms with Gasteiger partial charge in [-0.3, -0.25) is 9.59 Å². The first-order valence-electron chi connectivity index (χ1n) is 8.62. The van der Waals surface area contributed by atoms with Gasteiger partial charge in [0.05, 0.1) is 5.25 Å². The first kappa shape index (κ1) is 20.6. The molecule has 1 atom stereocenters. The highest BCUT2D eigenvalue weighted by Crippen LogP contribution is 2.22. The Bertz CT molecular complexity index is 549. The van der Waals surface area contributed by atoms with E-state index in [4.69, 9.17) is 0 Å². The lowest BCUT2D eigenvalue weighted by Crippen LogP contribution is -2.31. The van der Waals surface area contributed by atoms with Crippen molar-refractivity contribution in [2.24, 2.45) is 0 Å². The first-order chi connectivity index (χ1) is 11.3. The molecule has 134 valence electrons. The highest BCUT2D eigenvalue weighted by molar-refractivity contribution is 8.00. The summed E-state index contributed by atoms with van der Waals surface area (Å²) in [6.45, 7) is 10.8. The number of carbonyl (C=O) groups is 2. The molecule has 2 amide bonds. The molecule has 4 nitrogen and oxygen atoms in total. The second-order valence-electron chi connectivity index (χ2n) is 6.23. The topological polar surface area (TPSA) is 58.2 Å². The zero-order valence-electron chi connectivity index (χ0n) is 15.5. The second-order valence-corrected chi connectivity index (χ2v) is 7.68. The normalized spacial score (nSPS) is 11.9. The lowest BCUT2D eigenvalue weighted by atomic mass is 10.0. The molecule has 1 rings (SSSR count). The fourth-order valence-corrected chi connectivity index (χ4v) is 3.44. The van der Waals surface area contributed by atoms with E-state index < -0.39 is 0 Å². The summed E-state index contributed by atoms with van der Waals surface area (Å²) in [4.78, 5) is 23.9. The number of aryl methyl sites for hydroxylation is 3. The molecule has 0 saturated carbocycles. The molecule has 24 heavy (non-hydrogen) atoms. The van der Waals surface area contributed by atoms with Crippen LogP contribution in [0.4, 0.5) is 5.69 Å². The van der Waals surface area contributed by atoms with Crippen molar-refractivity contribution in [1.29, 1.82) is 0 Å². The Morgan fingerprint density at radius 1 is 1.17 bits per heavy atom. The van der Waals surface area contributed by atoms with E-state index in [-0.39, 0.29) is 17.1 Å². The summed E-state index contributed by atoms with van der Waals surface area (Å²) in [6.07, 6.45) is 2.19. The molecule has 0 bridgehead atoms. The standard InChI is InChI=1S/C19H30N2O2S/c1-6-9-20-19(23)16(5)24-10-7-8-17(22)21-18-14(3)11-13(2)12-15(18)4/h11-12,16H,6-10H2,1-5H3,(H,20,23)(H,21,22). The van der Waals surface area contributed by atoms with Gasteiger partial charge in [0.2, 0.25) is 11.8 Å². The van der Waals surface area contributed by atoms with Crippen LogP contribution in [0.1, 0.15) is 49.8 Å². The summed E-state index contributed by atoms with van der Waals surface area (Å²) in [5, 5.41) is 5.84. The molecule has 0 aliphatic rings. The molecule has 2 N–H and O–H groups in total. The molecule has 0 aliphatic heterocycles. The lowest BCUT2D eigenvalue weighted by Gasteiger charge is -2.13. The maximum Gasteiger partial charge on any atom is 0.232 e. The minimum atomic E-state index is -0.0683. The fourth-order valence-electron chi connectivity index (χ4n) is 2.54. The van der Waals surface area contributed by atoms with Gasteiger partial charge in [0.15, 0.2) is 0 Å². The zero-order chi connectivity index (χ0) is 18.1. The molecular weight excluding hydrogens is 320 g/mol. The van der Waals surface area contributed by atoms with Crippen molar-refractivity contribution < 1.29 is 9.59 Å². The minimum Gasteiger partial charge on any atom is -0.355 e. The van der Waals surface area contributed by atoms with Gasteiger partial charge in [-0.05, 0) is 57.4 Å². The molecule has 1 aromatic carbocycles. The highest BCUT2D eigenvalue weighted by atomic mass is 32.2. The van der Waals surface area contributed by atoms with Crippen LogP contribution in [0.25, 0.3) is 0 Å². The van der Waals surface area contributed by atoms with Crippen LogP contribution in [0, 0.1) is 20.8 Å². The summed E-state index contributed by atoms with van der Waals surface area (Å²) in [5.41, 5.74) is 4.31. The smallest absolute Gasteiger partial charge is 0.232 e. The number of hydrogen-bond acceptors (Lipinski definition) is 3. The lowest BCUT2D eigenvalue weighted by molar-refractivity contribution is -0.120. The number of thioether (sulfide) groups is 1. The maximum atomic E-state index is 12.1. The predicted molar refractivity (Wildman–Crippen MR) is 104 cm³/mol. The van der Waals surface area contributed by atoms with Gasteiger partial charge < -0.3 is 10.6 Å². The van der Waals surface area contributed by atoms with Crippen LogP contribution in [0.3, 0.4) is 0 Å². The molecule has 0 radical (unpaired) electrons. The van der Waals surface area contributed by atoms with Crippen molar-refractivity contribution >= 4 is 29.3 Å². The van der Waals surface area contributed by atoms with Gasteiger partial charge in [-0.25, -0.2) is 0 Å². The number of amides is 2. The van der Waals surface area contributed by atoms with Gasteiger partial charge in [-0.2, -0.15) is 0 Å². The van der Waals surface area contributed by atoms with Gasteiger partial charge in [0.1, 0.15) is 0 Å². The van der Waals surface area contributed by atoms with Crippen molar-refractivity contribution in [3.8, 4) is 0 Å². The Morgan fingerprint density at radius 3 is 2.38 bits per heavy atom. The number of anilines is 1. The summed E-state index contributed by atoms with van der Waals surface area (Å²) in [6, 6.07) is 4.16. The van der Waals surface area contributed by atoms with Crippen LogP contribution < -0.4 is 10.6 Å². The summed E-state index contributed by atoms with van der Waals surface area (Å²) < 4.78 is 0. The first-order valence-corrected chi connectivity index (χ1v) is 9.67. The predicted octanol–water partition coefficient (Wildman–Crippen LogP) is 3.98. The Balaban J connectivity index is 2.34. The summed E-state index contributed by atoms with van der Waals surface area (Å²) in [7, 11) is 0. The Hall–Kier alpha value is -1.49. The van der Waals surface area contributed by atoms with E-state index in [0.29, 0.717) is 6.42 Å². The molecule has 0 aliphatic carbocycles. The fraction of sp³-hybridized carbons (Fsp3) is 0.579. The molecule has 1 aromatic rings. The molecule has 0 fully saturated rings. The number of rotatable bonds is 9. The third-order valence-corrected chi connectivity index (χ3v) is 5.01. The Kier molecular flexibility index (Phi) is 8.90. The maximum absolute atomic E-state index is 12.1. The van der Waals surface area contributed by atoms with Gasteiger partial charge in [-0.1, -0.05) is 24.6 Å². The van der Waals surface area contributed by atoms with Crippen LogP contribution in [0.15, 0.2) is 12.1 Å². The Morgan fingerprint density at radius 2 is 1.79 bits per heavy atom. The average Bonchev–Trinajstić information content (AvgIpc) is 2.52. The minimum absolute atomic E-state index is 0.0359. The molecule has 1 unspecified atom stereocenters. The van der Waals surface area contributed by atoms with Gasteiger partial charge in [-0.15, -0.1) is 11.8 Å². The second kappa shape index (κ2) is 10.4. The molecular formula is C19H30N2O2S. The van der Waals surface area contributed by atoms with Crippen LogP contribution in [-0.2, 0) is 9.59 Å². The van der Waals surface area contributed by atoms with E-state index in [9.17, 15) is 9.59 Å². The van der Waals surface area contributed by atoms with E-state index in [1.165, 1.54) is 5.56 Å². The van der Waals surface area contributed by atoms with Crippen molar-refractivity contribution in [2.75, 3.05) is 17.6 Å². The molecule has 0 saturated heterocycles. The average molecular weight is 351 g/mol. The molecule has 5 heteroatoms. The van der Waals surface area contributed by atoms with Gasteiger partial charge >= 0.3 is 0 Å². The zero-order valence-corrected chi connectivity index (χ0v) is 16.3. The van der Waals surface area contributed by atoms with Crippen LogP contribution in [0.2, 0.25) is 0 Å². The Labute approximate surface area is 150 Å².